The second kappa shape index (κ2) is 7.75. The van der Waals surface area contributed by atoms with E-state index in [1.165, 1.54) is 16.0 Å². The summed E-state index contributed by atoms with van der Waals surface area (Å²) in [6, 6.07) is 20.8. The number of imidazole rings is 1. The van der Waals surface area contributed by atoms with Crippen LogP contribution in [-0.4, -0.2) is 16.2 Å². The van der Waals surface area contributed by atoms with Crippen LogP contribution in [0.5, 0.6) is 5.75 Å². The van der Waals surface area contributed by atoms with Crippen molar-refractivity contribution < 1.29 is 4.74 Å². The van der Waals surface area contributed by atoms with Crippen LogP contribution in [0.25, 0.3) is 21.7 Å². The van der Waals surface area contributed by atoms with Crippen molar-refractivity contribution in [3.63, 3.8) is 0 Å². The van der Waals surface area contributed by atoms with E-state index in [4.69, 9.17) is 9.72 Å². The van der Waals surface area contributed by atoms with Crippen LogP contribution in [0, 0.1) is 6.92 Å². The molecule has 0 saturated carbocycles. The van der Waals surface area contributed by atoms with Gasteiger partial charge in [0.25, 0.3) is 0 Å². The number of ether oxygens (including phenoxy) is 1. The zero-order valence-electron chi connectivity index (χ0n) is 14.9. The molecule has 4 aromatic rings. The summed E-state index contributed by atoms with van der Waals surface area (Å²) in [6.07, 6.45) is 2.08. The number of nitrogens with zero attached hydrogens (tertiary/aromatic N) is 2. The first kappa shape index (κ1) is 16.9. The van der Waals surface area contributed by atoms with Crippen molar-refractivity contribution in [3.8, 4) is 16.5 Å². The van der Waals surface area contributed by atoms with Crippen LogP contribution >= 0.6 is 11.3 Å². The van der Waals surface area contributed by atoms with Gasteiger partial charge in [0.2, 0.25) is 0 Å². The molecule has 3 nitrogen and oxygen atoms in total. The molecule has 4 heteroatoms. The van der Waals surface area contributed by atoms with E-state index in [9.17, 15) is 0 Å². The number of hydrogen-bond donors (Lipinski definition) is 0. The molecule has 0 saturated heterocycles. The van der Waals surface area contributed by atoms with E-state index in [-0.39, 0.29) is 0 Å². The van der Waals surface area contributed by atoms with E-state index >= 15 is 0 Å². The zero-order chi connectivity index (χ0) is 17.8. The first-order valence-corrected chi connectivity index (χ1v) is 9.88. The van der Waals surface area contributed by atoms with E-state index in [1.807, 2.05) is 24.3 Å². The van der Waals surface area contributed by atoms with Gasteiger partial charge in [-0.2, -0.15) is 0 Å². The number of aryl methyl sites for hydroxylation is 2. The molecule has 0 N–H and O–H groups in total. The Morgan fingerprint density at radius 2 is 1.81 bits per heavy atom. The molecule has 0 aliphatic rings. The summed E-state index contributed by atoms with van der Waals surface area (Å²) in [5, 5.41) is 2.11. The lowest BCUT2D eigenvalue weighted by Crippen LogP contribution is -2.04. The monoisotopic (exact) mass is 362 g/mol. The third-order valence-corrected chi connectivity index (χ3v) is 5.39. The minimum Gasteiger partial charge on any atom is -0.493 e. The summed E-state index contributed by atoms with van der Waals surface area (Å²) in [5.74, 6) is 2.06. The lowest BCUT2D eigenvalue weighted by molar-refractivity contribution is 0.302. The predicted molar refractivity (Wildman–Crippen MR) is 109 cm³/mol. The van der Waals surface area contributed by atoms with Gasteiger partial charge in [-0.3, -0.25) is 0 Å². The number of para-hydroxylation sites is 3. The Balaban J connectivity index is 1.44. The van der Waals surface area contributed by atoms with Gasteiger partial charge in [-0.05, 0) is 55.0 Å². The fourth-order valence-electron chi connectivity index (χ4n) is 3.17. The Morgan fingerprint density at radius 3 is 2.65 bits per heavy atom. The van der Waals surface area contributed by atoms with Gasteiger partial charge < -0.3 is 9.30 Å². The van der Waals surface area contributed by atoms with Crippen LogP contribution in [0.3, 0.4) is 0 Å². The highest BCUT2D eigenvalue weighted by atomic mass is 32.1. The Morgan fingerprint density at radius 1 is 0.962 bits per heavy atom. The SMILES string of the molecule is Cc1ccccc1OCCCCn1c(-c2cccs2)nc2ccccc21. The predicted octanol–water partition coefficient (Wildman–Crippen LogP) is 5.93. The summed E-state index contributed by atoms with van der Waals surface area (Å²) in [7, 11) is 0. The topological polar surface area (TPSA) is 27.1 Å². The quantitative estimate of drug-likeness (QED) is 0.381. The minimum absolute atomic E-state index is 0.742. The molecular weight excluding hydrogens is 340 g/mol. The summed E-state index contributed by atoms with van der Waals surface area (Å²) in [4.78, 5) is 6.08. The smallest absolute Gasteiger partial charge is 0.151 e. The Bertz CT molecular complexity index is 988. The molecule has 132 valence electrons. The van der Waals surface area contributed by atoms with Gasteiger partial charge in [-0.1, -0.05) is 36.4 Å². The van der Waals surface area contributed by atoms with Gasteiger partial charge in [-0.15, -0.1) is 11.3 Å². The fourth-order valence-corrected chi connectivity index (χ4v) is 3.89. The number of hydrogen-bond acceptors (Lipinski definition) is 3. The van der Waals surface area contributed by atoms with Crippen LogP contribution in [-0.2, 0) is 6.54 Å². The van der Waals surface area contributed by atoms with Gasteiger partial charge in [0.05, 0.1) is 22.5 Å². The van der Waals surface area contributed by atoms with Crippen molar-refractivity contribution in [1.29, 1.82) is 0 Å². The van der Waals surface area contributed by atoms with E-state index in [2.05, 4.69) is 53.3 Å². The molecule has 0 atom stereocenters. The zero-order valence-corrected chi connectivity index (χ0v) is 15.7. The summed E-state index contributed by atoms with van der Waals surface area (Å²) >= 11 is 1.74. The Hall–Kier alpha value is -2.59. The molecule has 0 bridgehead atoms. The van der Waals surface area contributed by atoms with E-state index in [0.717, 1.165) is 43.1 Å². The summed E-state index contributed by atoms with van der Waals surface area (Å²) in [6.45, 7) is 3.77. The van der Waals surface area contributed by atoms with Crippen molar-refractivity contribution in [2.75, 3.05) is 6.61 Å². The molecule has 0 aliphatic heterocycles. The number of aromatic nitrogens is 2. The maximum Gasteiger partial charge on any atom is 0.151 e. The number of unbranched alkanes of at least 4 members (excludes halogenated alkanes) is 1. The first-order valence-electron chi connectivity index (χ1n) is 9.00. The molecule has 2 aromatic carbocycles. The lowest BCUT2D eigenvalue weighted by Gasteiger charge is -2.10. The first-order chi connectivity index (χ1) is 12.8. The third kappa shape index (κ3) is 3.51. The van der Waals surface area contributed by atoms with Crippen LogP contribution in [0.1, 0.15) is 18.4 Å². The molecule has 4 rings (SSSR count). The highest BCUT2D eigenvalue weighted by Gasteiger charge is 2.12. The number of rotatable bonds is 7. The lowest BCUT2D eigenvalue weighted by atomic mass is 10.2. The van der Waals surface area contributed by atoms with Crippen LogP contribution in [0.15, 0.2) is 66.0 Å². The largest absolute Gasteiger partial charge is 0.493 e. The van der Waals surface area contributed by atoms with Crippen molar-refractivity contribution in [3.05, 3.63) is 71.6 Å². The molecular formula is C22H22N2OS. The number of fused-ring (bicyclic) bond motifs is 1. The molecule has 0 aliphatic carbocycles. The molecule has 0 radical (unpaired) electrons. The van der Waals surface area contributed by atoms with Gasteiger partial charge in [0, 0.05) is 6.54 Å². The van der Waals surface area contributed by atoms with Crippen LogP contribution in [0.2, 0.25) is 0 Å². The fraction of sp³-hybridized carbons (Fsp3) is 0.227. The maximum absolute atomic E-state index is 5.92. The van der Waals surface area contributed by atoms with E-state index < -0.39 is 0 Å². The average molecular weight is 362 g/mol. The molecule has 26 heavy (non-hydrogen) atoms. The summed E-state index contributed by atoms with van der Waals surface area (Å²) < 4.78 is 8.27. The molecule has 0 amide bonds. The second-order valence-corrected chi connectivity index (χ2v) is 7.32. The van der Waals surface area contributed by atoms with Crippen molar-refractivity contribution >= 4 is 22.4 Å². The average Bonchev–Trinajstić information content (AvgIpc) is 3.31. The highest BCUT2D eigenvalue weighted by Crippen LogP contribution is 2.28. The van der Waals surface area contributed by atoms with Crippen molar-refractivity contribution in [2.24, 2.45) is 0 Å². The minimum atomic E-state index is 0.742. The van der Waals surface area contributed by atoms with Crippen LogP contribution < -0.4 is 4.74 Å². The van der Waals surface area contributed by atoms with E-state index in [0.29, 0.717) is 0 Å². The van der Waals surface area contributed by atoms with Gasteiger partial charge in [0.15, 0.2) is 5.82 Å². The maximum atomic E-state index is 5.92. The highest BCUT2D eigenvalue weighted by molar-refractivity contribution is 7.13. The van der Waals surface area contributed by atoms with E-state index in [1.54, 1.807) is 11.3 Å². The second-order valence-electron chi connectivity index (χ2n) is 6.37. The normalized spacial score (nSPS) is 11.1. The molecule has 0 unspecified atom stereocenters. The summed E-state index contributed by atoms with van der Waals surface area (Å²) in [5.41, 5.74) is 3.45. The number of benzene rings is 2. The van der Waals surface area contributed by atoms with Gasteiger partial charge in [0.1, 0.15) is 5.75 Å². The standard InChI is InChI=1S/C22H22N2OS/c1-17-9-2-5-12-20(17)25-15-7-6-14-24-19-11-4-3-10-18(19)23-22(24)21-13-8-16-26-21/h2-5,8-13,16H,6-7,14-15H2,1H3. The molecule has 0 fully saturated rings. The Labute approximate surface area is 157 Å². The molecule has 0 spiro atoms. The number of thiophene rings is 1. The Kier molecular flexibility index (Phi) is 5.02. The van der Waals surface area contributed by atoms with Gasteiger partial charge in [-0.25, -0.2) is 4.98 Å². The van der Waals surface area contributed by atoms with Crippen molar-refractivity contribution in [2.45, 2.75) is 26.3 Å². The van der Waals surface area contributed by atoms with Gasteiger partial charge >= 0.3 is 0 Å². The van der Waals surface area contributed by atoms with Crippen molar-refractivity contribution in [1.82, 2.24) is 9.55 Å². The molecule has 2 aromatic heterocycles. The third-order valence-electron chi connectivity index (χ3n) is 4.52. The molecule has 2 heterocycles. The van der Waals surface area contributed by atoms with Crippen LogP contribution in [0.4, 0.5) is 0 Å².